The molecule has 1 unspecified atom stereocenters. The molecule has 1 fully saturated rings. The van der Waals surface area contributed by atoms with Crippen molar-refractivity contribution in [3.05, 3.63) is 36.0 Å². The minimum atomic E-state index is 0.239. The molecule has 92 valence electrons. The lowest BCUT2D eigenvalue weighted by atomic mass is 10.1. The molecule has 0 spiro atoms. The first kappa shape index (κ1) is 10.2. The fourth-order valence-electron chi connectivity index (χ4n) is 2.78. The van der Waals surface area contributed by atoms with Gasteiger partial charge in [-0.15, -0.1) is 5.10 Å². The molecule has 18 heavy (non-hydrogen) atoms. The van der Waals surface area contributed by atoms with E-state index < -0.39 is 0 Å². The van der Waals surface area contributed by atoms with E-state index in [0.717, 1.165) is 30.0 Å². The van der Waals surface area contributed by atoms with Crippen LogP contribution in [0, 0.1) is 0 Å². The van der Waals surface area contributed by atoms with Crippen molar-refractivity contribution >= 4 is 0 Å². The van der Waals surface area contributed by atoms with Crippen molar-refractivity contribution in [1.29, 1.82) is 0 Å². The number of rotatable bonds is 1. The summed E-state index contributed by atoms with van der Waals surface area (Å²) in [5, 5.41) is 12.0. The van der Waals surface area contributed by atoms with Crippen molar-refractivity contribution in [1.82, 2.24) is 20.3 Å². The van der Waals surface area contributed by atoms with Gasteiger partial charge in [0.05, 0.1) is 24.4 Å². The predicted octanol–water partition coefficient (Wildman–Crippen LogP) is 0.988. The largest absolute Gasteiger partial charge is 0.368 e. The molecular weight excluding hydrogens is 228 g/mol. The minimum absolute atomic E-state index is 0.239. The molecular formula is C13H14N4O. The number of hydrogen-bond donors (Lipinski definition) is 1. The van der Waals surface area contributed by atoms with Gasteiger partial charge in [0, 0.05) is 18.7 Å². The first-order chi connectivity index (χ1) is 8.93. The van der Waals surface area contributed by atoms with Crippen molar-refractivity contribution < 1.29 is 4.74 Å². The fourth-order valence-corrected chi connectivity index (χ4v) is 2.78. The van der Waals surface area contributed by atoms with Crippen LogP contribution in [0.2, 0.25) is 0 Å². The third-order valence-corrected chi connectivity index (χ3v) is 3.71. The van der Waals surface area contributed by atoms with Gasteiger partial charge in [-0.2, -0.15) is 0 Å². The zero-order chi connectivity index (χ0) is 11.9. The predicted molar refractivity (Wildman–Crippen MR) is 65.9 cm³/mol. The quantitative estimate of drug-likeness (QED) is 0.810. The molecule has 0 amide bonds. The van der Waals surface area contributed by atoms with Gasteiger partial charge in [-0.3, -0.25) is 0 Å². The van der Waals surface area contributed by atoms with Crippen LogP contribution in [0.25, 0.3) is 11.3 Å². The number of nitrogens with one attached hydrogen (secondary N) is 1. The summed E-state index contributed by atoms with van der Waals surface area (Å²) < 4.78 is 7.92. The van der Waals surface area contributed by atoms with Gasteiger partial charge < -0.3 is 10.1 Å². The lowest BCUT2D eigenvalue weighted by Gasteiger charge is -2.26. The van der Waals surface area contributed by atoms with E-state index in [9.17, 15) is 0 Å². The molecule has 1 aromatic carbocycles. The molecule has 0 saturated carbocycles. The van der Waals surface area contributed by atoms with Gasteiger partial charge in [0.1, 0.15) is 5.69 Å². The average molecular weight is 242 g/mol. The summed E-state index contributed by atoms with van der Waals surface area (Å²) in [5.74, 6) is 0. The zero-order valence-corrected chi connectivity index (χ0v) is 9.91. The smallest absolute Gasteiger partial charge is 0.118 e. The highest BCUT2D eigenvalue weighted by Crippen LogP contribution is 2.31. The van der Waals surface area contributed by atoms with Crippen LogP contribution in [0.15, 0.2) is 30.3 Å². The minimum Gasteiger partial charge on any atom is -0.368 e. The summed E-state index contributed by atoms with van der Waals surface area (Å²) >= 11 is 0. The summed E-state index contributed by atoms with van der Waals surface area (Å²) in [6.07, 6.45) is 0.239. The van der Waals surface area contributed by atoms with Crippen molar-refractivity contribution in [2.75, 3.05) is 13.1 Å². The topological polar surface area (TPSA) is 52.0 Å². The summed E-state index contributed by atoms with van der Waals surface area (Å²) in [4.78, 5) is 0. The van der Waals surface area contributed by atoms with Gasteiger partial charge in [0.25, 0.3) is 0 Å². The van der Waals surface area contributed by atoms with Crippen molar-refractivity contribution in [2.24, 2.45) is 0 Å². The van der Waals surface area contributed by atoms with E-state index in [1.54, 1.807) is 0 Å². The Morgan fingerprint density at radius 3 is 3.00 bits per heavy atom. The first-order valence-electron chi connectivity index (χ1n) is 6.25. The van der Waals surface area contributed by atoms with E-state index >= 15 is 0 Å². The summed E-state index contributed by atoms with van der Waals surface area (Å²) in [6.45, 7) is 2.42. The first-order valence-corrected chi connectivity index (χ1v) is 6.25. The van der Waals surface area contributed by atoms with E-state index in [2.05, 4.69) is 27.8 Å². The van der Waals surface area contributed by atoms with Gasteiger partial charge in [-0.1, -0.05) is 35.5 Å². The maximum absolute atomic E-state index is 5.89. The van der Waals surface area contributed by atoms with Crippen LogP contribution >= 0.6 is 0 Å². The molecule has 1 N–H and O–H groups in total. The second kappa shape index (κ2) is 3.90. The van der Waals surface area contributed by atoms with Gasteiger partial charge >= 0.3 is 0 Å². The van der Waals surface area contributed by atoms with Crippen molar-refractivity contribution in [2.45, 2.75) is 18.8 Å². The Bertz CT molecular complexity index is 566. The summed E-state index contributed by atoms with van der Waals surface area (Å²) in [6, 6.07) is 10.5. The average Bonchev–Trinajstić information content (AvgIpc) is 3.05. The van der Waals surface area contributed by atoms with Crippen LogP contribution < -0.4 is 5.32 Å². The summed E-state index contributed by atoms with van der Waals surface area (Å²) in [5.41, 5.74) is 3.14. The molecule has 2 aromatic rings. The van der Waals surface area contributed by atoms with Crippen molar-refractivity contribution in [3.63, 3.8) is 0 Å². The van der Waals surface area contributed by atoms with E-state index in [-0.39, 0.29) is 6.10 Å². The highest BCUT2D eigenvalue weighted by atomic mass is 16.5. The third-order valence-electron chi connectivity index (χ3n) is 3.71. The molecule has 0 aliphatic carbocycles. The van der Waals surface area contributed by atoms with Gasteiger partial charge in [0.2, 0.25) is 0 Å². The van der Waals surface area contributed by atoms with E-state index in [4.69, 9.17) is 4.74 Å². The van der Waals surface area contributed by atoms with Crippen LogP contribution in [0.5, 0.6) is 0 Å². The Balaban J connectivity index is 1.80. The fraction of sp³-hybridized carbons (Fsp3) is 0.385. The summed E-state index contributed by atoms with van der Waals surface area (Å²) in [7, 11) is 0. The highest BCUT2D eigenvalue weighted by Gasteiger charge is 2.36. The maximum atomic E-state index is 5.89. The number of nitrogens with zero attached hydrogens (tertiary/aromatic N) is 3. The molecule has 1 saturated heterocycles. The number of benzene rings is 1. The molecule has 5 heteroatoms. The molecule has 0 bridgehead atoms. The molecule has 5 nitrogen and oxygen atoms in total. The number of fused-ring (bicyclic) bond motifs is 3. The number of hydrogen-bond acceptors (Lipinski definition) is 4. The lowest BCUT2D eigenvalue weighted by molar-refractivity contribution is -0.00261. The molecule has 4 rings (SSSR count). The lowest BCUT2D eigenvalue weighted by Crippen LogP contribution is -2.32. The number of aromatic nitrogens is 3. The van der Waals surface area contributed by atoms with Gasteiger partial charge in [-0.25, -0.2) is 4.68 Å². The Morgan fingerprint density at radius 1 is 1.22 bits per heavy atom. The van der Waals surface area contributed by atoms with Crippen LogP contribution in [0.4, 0.5) is 0 Å². The Kier molecular flexibility index (Phi) is 2.21. The maximum Gasteiger partial charge on any atom is 0.118 e. The SMILES string of the molecule is c1ccc(-c2nnn3c2COC2CNC[C@H]23)cc1. The zero-order valence-electron chi connectivity index (χ0n) is 9.91. The Morgan fingerprint density at radius 2 is 2.11 bits per heavy atom. The van der Waals surface area contributed by atoms with Crippen molar-refractivity contribution in [3.8, 4) is 11.3 Å². The molecule has 2 atom stereocenters. The monoisotopic (exact) mass is 242 g/mol. The van der Waals surface area contributed by atoms with Crippen LogP contribution in [0.3, 0.4) is 0 Å². The standard InChI is InChI=1S/C13H14N4O/c1-2-4-9(5-3-1)13-11-8-18-12-7-14-6-10(12)17(11)16-15-13/h1-5,10,12,14H,6-8H2/t10-,12?/m1/s1. The van der Waals surface area contributed by atoms with Crippen LogP contribution in [-0.4, -0.2) is 34.2 Å². The number of ether oxygens (including phenoxy) is 1. The Hall–Kier alpha value is -1.72. The molecule has 3 heterocycles. The highest BCUT2D eigenvalue weighted by molar-refractivity contribution is 5.61. The van der Waals surface area contributed by atoms with Gasteiger partial charge in [0.15, 0.2) is 0 Å². The third kappa shape index (κ3) is 1.41. The second-order valence-electron chi connectivity index (χ2n) is 4.77. The van der Waals surface area contributed by atoms with E-state index in [1.165, 1.54) is 0 Å². The van der Waals surface area contributed by atoms with Crippen LogP contribution in [-0.2, 0) is 11.3 Å². The molecule has 1 aromatic heterocycles. The normalized spacial score (nSPS) is 25.8. The van der Waals surface area contributed by atoms with E-state index in [0.29, 0.717) is 12.6 Å². The van der Waals surface area contributed by atoms with Crippen LogP contribution in [0.1, 0.15) is 11.7 Å². The molecule has 0 radical (unpaired) electrons. The second-order valence-corrected chi connectivity index (χ2v) is 4.77. The van der Waals surface area contributed by atoms with Gasteiger partial charge in [-0.05, 0) is 0 Å². The van der Waals surface area contributed by atoms with E-state index in [1.807, 2.05) is 22.9 Å². The molecule has 2 aliphatic heterocycles. The Labute approximate surface area is 105 Å². The molecule has 2 aliphatic rings.